The van der Waals surface area contributed by atoms with E-state index in [9.17, 15) is 54.9 Å². The molecule has 1 aromatic rings. The predicted molar refractivity (Wildman–Crippen MR) is 156 cm³/mol. The third-order valence-electron chi connectivity index (χ3n) is 5.94. The van der Waals surface area contributed by atoms with Crippen molar-refractivity contribution in [2.24, 2.45) is 0 Å². The van der Waals surface area contributed by atoms with Crippen LogP contribution in [0.25, 0.3) is 0 Å². The number of nitrogens with one attached hydrogen (secondary N) is 1. The number of alkyl halides is 3. The second-order valence-corrected chi connectivity index (χ2v) is 12.3. The molecule has 0 spiro atoms. The van der Waals surface area contributed by atoms with Crippen LogP contribution >= 0.6 is 15.9 Å². The number of hydrogen-bond acceptors (Lipinski definition) is 16. The molecule has 5 atom stereocenters. The van der Waals surface area contributed by atoms with Crippen LogP contribution in [0, 0.1) is 0 Å². The van der Waals surface area contributed by atoms with Gasteiger partial charge in [-0.25, -0.2) is 4.79 Å². The Morgan fingerprint density at radius 3 is 1.92 bits per heavy atom. The molecule has 2 N–H and O–H groups in total. The Morgan fingerprint density at radius 2 is 1.40 bits per heavy atom. The lowest BCUT2D eigenvalue weighted by Gasteiger charge is -2.44. The number of benzene rings is 1. The van der Waals surface area contributed by atoms with Gasteiger partial charge in [-0.15, -0.1) is 0 Å². The number of esters is 5. The highest BCUT2D eigenvalue weighted by Crippen LogP contribution is 2.42. The Bertz CT molecular complexity index is 1550. The van der Waals surface area contributed by atoms with Crippen molar-refractivity contribution in [3.8, 4) is 5.75 Å². The summed E-state index contributed by atoms with van der Waals surface area (Å²) in [5.41, 5.74) is -1.68. The second-order valence-electron chi connectivity index (χ2n) is 10.0. The zero-order valence-electron chi connectivity index (χ0n) is 26.5. The van der Waals surface area contributed by atoms with Crippen LogP contribution in [0.15, 0.2) is 21.5 Å². The lowest BCUT2D eigenvalue weighted by Crippen LogP contribution is -2.66. The van der Waals surface area contributed by atoms with E-state index in [0.29, 0.717) is 12.1 Å². The van der Waals surface area contributed by atoms with E-state index in [0.717, 1.165) is 27.7 Å². The van der Waals surface area contributed by atoms with Crippen LogP contribution in [0.5, 0.6) is 5.75 Å². The highest BCUT2D eigenvalue weighted by atomic mass is 79.9. The zero-order chi connectivity index (χ0) is 38.0. The fourth-order valence-corrected chi connectivity index (χ4v) is 5.47. The third-order valence-corrected chi connectivity index (χ3v) is 7.25. The molecule has 1 fully saturated rings. The first kappa shape index (κ1) is 42.3. The van der Waals surface area contributed by atoms with Crippen molar-refractivity contribution < 1.29 is 92.8 Å². The first-order valence-corrected chi connectivity index (χ1v) is 16.2. The number of rotatable bonds is 15. The largest absolute Gasteiger partial charge is 0.463 e. The minimum Gasteiger partial charge on any atom is -0.463 e. The van der Waals surface area contributed by atoms with Gasteiger partial charge in [-0.2, -0.15) is 21.6 Å². The SMILES string of the molecule is CC(=O)OC[C@H]1O[C@@H](NC(=O)COCCOCC(=O)Oc2c(C(F)(F)F)cc(Br)cc2S(=O)(=O)O)[C@H](OC(C)=O)[C@@H](OC(C)=O)[C@@H]1OC(C)=O. The maximum Gasteiger partial charge on any atom is 0.420 e. The van der Waals surface area contributed by atoms with E-state index in [1.165, 1.54) is 0 Å². The molecule has 1 saturated heterocycles. The van der Waals surface area contributed by atoms with Crippen molar-refractivity contribution in [1.82, 2.24) is 5.32 Å². The Labute approximate surface area is 290 Å². The third kappa shape index (κ3) is 13.4. The number of amides is 1. The molecule has 0 bridgehead atoms. The number of halogens is 4. The summed E-state index contributed by atoms with van der Waals surface area (Å²) in [4.78, 5) is 70.5. The average molecular weight is 811 g/mol. The Kier molecular flexibility index (Phi) is 15.5. The standard InChI is InChI=1S/C27H31BrF3NO17S/c1-12(33)44-9-18-23(45-13(2)34)24(46-14(3)35)25(47-15(4)36)26(48-18)32-20(37)10-42-5-6-43-11-21(38)49-22-17(27(29,30)31)7-16(28)8-19(22)50(39,40)41/h7-8,18,23-26H,5-6,9-11H2,1-4H3,(H,32,37)(H,39,40,41)/t18-,23-,24+,25-,26-/m1/s1. The highest BCUT2D eigenvalue weighted by molar-refractivity contribution is 9.10. The van der Waals surface area contributed by atoms with Gasteiger partial charge in [-0.1, -0.05) is 15.9 Å². The van der Waals surface area contributed by atoms with Crippen molar-refractivity contribution in [2.45, 2.75) is 69.4 Å². The molecule has 0 unspecified atom stereocenters. The summed E-state index contributed by atoms with van der Waals surface area (Å²) in [5.74, 6) is -7.31. The molecule has 0 aromatic heterocycles. The average Bonchev–Trinajstić information content (AvgIpc) is 2.95. The van der Waals surface area contributed by atoms with E-state index in [4.69, 9.17) is 33.2 Å². The van der Waals surface area contributed by atoms with Crippen molar-refractivity contribution in [3.63, 3.8) is 0 Å². The maximum atomic E-state index is 13.5. The number of hydrogen-bond donors (Lipinski definition) is 2. The molecule has 1 aliphatic heterocycles. The number of carbonyl (C=O) groups excluding carboxylic acids is 6. The topological polar surface area (TPSA) is 243 Å². The first-order chi connectivity index (χ1) is 23.1. The fourth-order valence-electron chi connectivity index (χ4n) is 4.20. The van der Waals surface area contributed by atoms with Crippen molar-refractivity contribution in [2.75, 3.05) is 33.0 Å². The van der Waals surface area contributed by atoms with Crippen molar-refractivity contribution in [1.29, 1.82) is 0 Å². The monoisotopic (exact) mass is 809 g/mol. The smallest absolute Gasteiger partial charge is 0.420 e. The molecule has 50 heavy (non-hydrogen) atoms. The molecule has 280 valence electrons. The van der Waals surface area contributed by atoms with Crippen molar-refractivity contribution in [3.05, 3.63) is 22.2 Å². The summed E-state index contributed by atoms with van der Waals surface area (Å²) >= 11 is 2.69. The van der Waals surface area contributed by atoms with Crippen LogP contribution in [0.1, 0.15) is 33.3 Å². The molecule has 1 amide bonds. The van der Waals surface area contributed by atoms with E-state index < -0.39 is 132 Å². The Morgan fingerprint density at radius 1 is 0.860 bits per heavy atom. The minimum atomic E-state index is -5.27. The first-order valence-electron chi connectivity index (χ1n) is 13.9. The molecule has 1 heterocycles. The molecule has 0 aliphatic carbocycles. The molecule has 2 rings (SSSR count). The van der Waals surface area contributed by atoms with Crippen molar-refractivity contribution >= 4 is 61.8 Å². The molecular formula is C27H31BrF3NO17S. The van der Waals surface area contributed by atoms with Gasteiger partial charge in [0, 0.05) is 32.2 Å². The highest BCUT2D eigenvalue weighted by Gasteiger charge is 2.52. The van der Waals surface area contributed by atoms with Crippen LogP contribution in [0.3, 0.4) is 0 Å². The van der Waals surface area contributed by atoms with Gasteiger partial charge in [0.2, 0.25) is 5.91 Å². The van der Waals surface area contributed by atoms with E-state index in [2.05, 4.69) is 26.0 Å². The van der Waals surface area contributed by atoms with E-state index in [1.807, 2.05) is 0 Å². The summed E-state index contributed by atoms with van der Waals surface area (Å²) in [6.07, 6.45) is -12.7. The lowest BCUT2D eigenvalue weighted by molar-refractivity contribution is -0.257. The van der Waals surface area contributed by atoms with Gasteiger partial charge in [-0.3, -0.25) is 28.5 Å². The van der Waals surface area contributed by atoms with Gasteiger partial charge in [-0.05, 0) is 12.1 Å². The zero-order valence-corrected chi connectivity index (χ0v) is 28.9. The van der Waals surface area contributed by atoms with E-state index in [1.54, 1.807) is 0 Å². The van der Waals surface area contributed by atoms with Crippen LogP contribution in [0.4, 0.5) is 13.2 Å². The predicted octanol–water partition coefficient (Wildman–Crippen LogP) is 0.853. The van der Waals surface area contributed by atoms with Gasteiger partial charge < -0.3 is 43.2 Å². The summed E-state index contributed by atoms with van der Waals surface area (Å²) in [6.45, 7) is 0.966. The van der Waals surface area contributed by atoms with Crippen LogP contribution in [-0.2, 0) is 78.2 Å². The molecular weight excluding hydrogens is 779 g/mol. The van der Waals surface area contributed by atoms with Crippen LogP contribution < -0.4 is 10.1 Å². The van der Waals surface area contributed by atoms with Gasteiger partial charge in [0.25, 0.3) is 10.1 Å². The Hall–Kier alpha value is -3.90. The maximum absolute atomic E-state index is 13.5. The number of ether oxygens (including phenoxy) is 8. The van der Waals surface area contributed by atoms with Crippen LogP contribution in [0.2, 0.25) is 0 Å². The lowest BCUT2D eigenvalue weighted by atomic mass is 9.97. The van der Waals surface area contributed by atoms with Crippen LogP contribution in [-0.4, -0.2) is 112 Å². The minimum absolute atomic E-state index is 0.385. The van der Waals surface area contributed by atoms with Gasteiger partial charge in [0.15, 0.2) is 30.3 Å². The summed E-state index contributed by atoms with van der Waals surface area (Å²) in [5, 5.41) is 2.33. The van der Waals surface area contributed by atoms with E-state index in [-0.39, 0.29) is 4.47 Å². The van der Waals surface area contributed by atoms with Gasteiger partial charge in [0.05, 0.1) is 13.2 Å². The second kappa shape index (κ2) is 18.4. The fraction of sp³-hybridized carbons (Fsp3) is 0.556. The molecule has 23 heteroatoms. The molecule has 1 aromatic carbocycles. The summed E-state index contributed by atoms with van der Waals surface area (Å²) < 4.78 is 114. The number of carbonyl (C=O) groups is 6. The van der Waals surface area contributed by atoms with Gasteiger partial charge in [0.1, 0.15) is 36.4 Å². The van der Waals surface area contributed by atoms with Gasteiger partial charge >= 0.3 is 36.0 Å². The summed E-state index contributed by atoms with van der Waals surface area (Å²) in [7, 11) is -5.27. The molecule has 1 aliphatic rings. The molecule has 18 nitrogen and oxygen atoms in total. The Balaban J connectivity index is 2.04. The normalized spacial score (nSPS) is 20.6. The van der Waals surface area contributed by atoms with E-state index >= 15 is 0 Å². The summed E-state index contributed by atoms with van der Waals surface area (Å²) in [6, 6.07) is 1.02. The molecule has 0 radical (unpaired) electrons. The molecule has 0 saturated carbocycles. The quantitative estimate of drug-likeness (QED) is 0.0820.